The van der Waals surface area contributed by atoms with Gasteiger partial charge in [0.1, 0.15) is 5.75 Å². The lowest BCUT2D eigenvalue weighted by Crippen LogP contribution is -1.91. The van der Waals surface area contributed by atoms with E-state index in [-0.39, 0.29) is 12.4 Å². The zero-order valence-corrected chi connectivity index (χ0v) is 8.64. The molecule has 0 saturated heterocycles. The predicted octanol–water partition coefficient (Wildman–Crippen LogP) is 2.26. The Kier molecular flexibility index (Phi) is 2.75. The van der Waals surface area contributed by atoms with E-state index in [2.05, 4.69) is 15.9 Å². The lowest BCUT2D eigenvalue weighted by Gasteiger charge is -2.09. The first-order chi connectivity index (χ1) is 5.57. The van der Waals surface area contributed by atoms with Crippen LogP contribution in [0, 0.1) is 13.8 Å². The molecule has 0 fully saturated rings. The summed E-state index contributed by atoms with van der Waals surface area (Å²) in [5.41, 5.74) is 2.62. The lowest BCUT2D eigenvalue weighted by atomic mass is 10.1. The fourth-order valence-corrected chi connectivity index (χ4v) is 1.62. The Morgan fingerprint density at radius 1 is 1.42 bits per heavy atom. The minimum absolute atomic E-state index is 0.133. The Morgan fingerprint density at radius 3 is 2.50 bits per heavy atom. The van der Waals surface area contributed by atoms with Gasteiger partial charge in [0.2, 0.25) is 0 Å². The van der Waals surface area contributed by atoms with Crippen molar-refractivity contribution in [1.29, 1.82) is 0 Å². The number of aryl methyl sites for hydroxylation is 1. The molecule has 0 saturated carbocycles. The van der Waals surface area contributed by atoms with E-state index < -0.39 is 0 Å². The summed E-state index contributed by atoms with van der Waals surface area (Å²) in [6, 6.07) is 1.79. The number of rotatable bonds is 1. The highest BCUT2D eigenvalue weighted by Gasteiger charge is 2.09. The Bertz CT molecular complexity index is 308. The van der Waals surface area contributed by atoms with E-state index in [9.17, 15) is 5.11 Å². The van der Waals surface area contributed by atoms with Gasteiger partial charge in [-0.3, -0.25) is 0 Å². The van der Waals surface area contributed by atoms with Gasteiger partial charge in [-0.15, -0.1) is 0 Å². The molecule has 1 rings (SSSR count). The Balaban J connectivity index is 3.39. The molecule has 12 heavy (non-hydrogen) atoms. The van der Waals surface area contributed by atoms with Crippen molar-refractivity contribution in [3.8, 4) is 5.75 Å². The molecule has 66 valence electrons. The fourth-order valence-electron chi connectivity index (χ4n) is 1.05. The number of hydrogen-bond donors (Lipinski definition) is 2. The lowest BCUT2D eigenvalue weighted by molar-refractivity contribution is 0.275. The quantitative estimate of drug-likeness (QED) is 0.778. The molecular formula is C9H11BrO2. The van der Waals surface area contributed by atoms with Gasteiger partial charge in [0.05, 0.1) is 11.1 Å². The molecule has 0 aliphatic rings. The topological polar surface area (TPSA) is 40.5 Å². The minimum atomic E-state index is -0.133. The van der Waals surface area contributed by atoms with Crippen LogP contribution in [0.25, 0.3) is 0 Å². The molecule has 0 amide bonds. The van der Waals surface area contributed by atoms with Crippen molar-refractivity contribution in [3.63, 3.8) is 0 Å². The molecule has 0 aromatic heterocycles. The van der Waals surface area contributed by atoms with Crippen molar-refractivity contribution in [3.05, 3.63) is 27.2 Å². The van der Waals surface area contributed by atoms with E-state index in [1.807, 2.05) is 13.8 Å². The summed E-state index contributed by atoms with van der Waals surface area (Å²) in [5, 5.41) is 18.4. The average Bonchev–Trinajstić information content (AvgIpc) is 2.08. The van der Waals surface area contributed by atoms with Crippen LogP contribution in [0.15, 0.2) is 10.5 Å². The van der Waals surface area contributed by atoms with Crippen LogP contribution in [-0.4, -0.2) is 10.2 Å². The van der Waals surface area contributed by atoms with Crippen LogP contribution in [0.1, 0.15) is 16.7 Å². The molecule has 2 nitrogen and oxygen atoms in total. The van der Waals surface area contributed by atoms with Gasteiger partial charge in [0, 0.05) is 5.56 Å². The highest BCUT2D eigenvalue weighted by Crippen LogP contribution is 2.33. The molecule has 1 aromatic carbocycles. The first-order valence-electron chi connectivity index (χ1n) is 3.66. The number of aliphatic hydroxyl groups is 1. The third-order valence-electron chi connectivity index (χ3n) is 1.99. The average molecular weight is 231 g/mol. The summed E-state index contributed by atoms with van der Waals surface area (Å²) in [7, 11) is 0. The van der Waals surface area contributed by atoms with Gasteiger partial charge in [0.15, 0.2) is 0 Å². The minimum Gasteiger partial charge on any atom is -0.506 e. The van der Waals surface area contributed by atoms with Crippen molar-refractivity contribution in [2.24, 2.45) is 0 Å². The number of benzene rings is 1. The predicted molar refractivity (Wildman–Crippen MR) is 51.2 cm³/mol. The van der Waals surface area contributed by atoms with E-state index in [0.717, 1.165) is 11.1 Å². The molecule has 0 bridgehead atoms. The smallest absolute Gasteiger partial charge is 0.135 e. The zero-order chi connectivity index (χ0) is 9.30. The molecule has 0 radical (unpaired) electrons. The van der Waals surface area contributed by atoms with Gasteiger partial charge in [-0.1, -0.05) is 0 Å². The molecule has 0 spiro atoms. The van der Waals surface area contributed by atoms with E-state index in [0.29, 0.717) is 10.0 Å². The van der Waals surface area contributed by atoms with Crippen LogP contribution in [0.2, 0.25) is 0 Å². The summed E-state index contributed by atoms with van der Waals surface area (Å²) in [6.07, 6.45) is 0. The number of phenols is 1. The molecule has 3 heteroatoms. The second-order valence-corrected chi connectivity index (χ2v) is 3.59. The molecule has 0 unspecified atom stereocenters. The monoisotopic (exact) mass is 230 g/mol. The first-order valence-corrected chi connectivity index (χ1v) is 4.45. The van der Waals surface area contributed by atoms with Gasteiger partial charge in [-0.05, 0) is 47.0 Å². The Hall–Kier alpha value is -0.540. The Labute approximate surface area is 80.0 Å². The summed E-state index contributed by atoms with van der Waals surface area (Å²) < 4.78 is 0.673. The maximum atomic E-state index is 9.50. The van der Waals surface area contributed by atoms with Crippen molar-refractivity contribution in [1.82, 2.24) is 0 Å². The molecule has 0 aliphatic carbocycles. The molecule has 2 N–H and O–H groups in total. The van der Waals surface area contributed by atoms with Gasteiger partial charge in [-0.2, -0.15) is 0 Å². The molecule has 0 atom stereocenters. The number of aliphatic hydroxyl groups excluding tert-OH is 1. The van der Waals surface area contributed by atoms with Crippen molar-refractivity contribution < 1.29 is 10.2 Å². The fraction of sp³-hybridized carbons (Fsp3) is 0.333. The maximum absolute atomic E-state index is 9.50. The van der Waals surface area contributed by atoms with Crippen LogP contribution in [0.3, 0.4) is 0 Å². The standard InChI is InChI=1S/C9H11BrO2/c1-5-3-7(4-11)9(12)8(10)6(5)2/h3,11-12H,4H2,1-2H3. The summed E-state index contributed by atoms with van der Waals surface area (Å²) in [6.45, 7) is 3.73. The van der Waals surface area contributed by atoms with Crippen LogP contribution < -0.4 is 0 Å². The highest BCUT2D eigenvalue weighted by atomic mass is 79.9. The van der Waals surface area contributed by atoms with Gasteiger partial charge in [0.25, 0.3) is 0 Å². The summed E-state index contributed by atoms with van der Waals surface area (Å²) in [4.78, 5) is 0. The summed E-state index contributed by atoms with van der Waals surface area (Å²) in [5.74, 6) is 0.139. The molecule has 0 aliphatic heterocycles. The first kappa shape index (κ1) is 9.55. The maximum Gasteiger partial charge on any atom is 0.135 e. The van der Waals surface area contributed by atoms with Crippen LogP contribution >= 0.6 is 15.9 Å². The van der Waals surface area contributed by atoms with Gasteiger partial charge in [-0.25, -0.2) is 0 Å². The second kappa shape index (κ2) is 3.46. The van der Waals surface area contributed by atoms with Gasteiger partial charge >= 0.3 is 0 Å². The summed E-state index contributed by atoms with van der Waals surface area (Å²) >= 11 is 3.26. The third kappa shape index (κ3) is 1.47. The molecular weight excluding hydrogens is 220 g/mol. The number of halogens is 1. The molecule has 0 heterocycles. The van der Waals surface area contributed by atoms with Crippen molar-refractivity contribution >= 4 is 15.9 Å². The van der Waals surface area contributed by atoms with Crippen LogP contribution in [0.5, 0.6) is 5.75 Å². The second-order valence-electron chi connectivity index (χ2n) is 2.80. The van der Waals surface area contributed by atoms with Gasteiger partial charge < -0.3 is 10.2 Å². The number of hydrogen-bond acceptors (Lipinski definition) is 2. The largest absolute Gasteiger partial charge is 0.506 e. The van der Waals surface area contributed by atoms with Crippen molar-refractivity contribution in [2.75, 3.05) is 0 Å². The van der Waals surface area contributed by atoms with Crippen LogP contribution in [0.4, 0.5) is 0 Å². The van der Waals surface area contributed by atoms with Crippen LogP contribution in [-0.2, 0) is 6.61 Å². The molecule has 1 aromatic rings. The number of aromatic hydroxyl groups is 1. The van der Waals surface area contributed by atoms with E-state index in [1.165, 1.54) is 0 Å². The third-order valence-corrected chi connectivity index (χ3v) is 2.96. The van der Waals surface area contributed by atoms with E-state index in [1.54, 1.807) is 6.07 Å². The van der Waals surface area contributed by atoms with E-state index >= 15 is 0 Å². The van der Waals surface area contributed by atoms with Crippen molar-refractivity contribution in [2.45, 2.75) is 20.5 Å². The highest BCUT2D eigenvalue weighted by molar-refractivity contribution is 9.10. The SMILES string of the molecule is Cc1cc(CO)c(O)c(Br)c1C. The van der Waals surface area contributed by atoms with E-state index in [4.69, 9.17) is 5.11 Å². The zero-order valence-electron chi connectivity index (χ0n) is 7.06. The normalized spacial score (nSPS) is 10.3. The Morgan fingerprint density at radius 2 is 2.00 bits per heavy atom.